The number of thiazole rings is 1. The minimum absolute atomic E-state index is 0.0205. The number of hydrogen-bond acceptors (Lipinski definition) is 22. The van der Waals surface area contributed by atoms with Crippen molar-refractivity contribution in [3.63, 3.8) is 0 Å². The topological polar surface area (TPSA) is 381 Å². The zero-order chi connectivity index (χ0) is 87.4. The first-order valence-electron chi connectivity index (χ1n) is 42.3. The Balaban J connectivity index is 1.03. The van der Waals surface area contributed by atoms with E-state index in [0.717, 1.165) is 23.4 Å². The third kappa shape index (κ3) is 31.7. The van der Waals surface area contributed by atoms with E-state index in [1.54, 1.807) is 81.3 Å². The third-order valence-corrected chi connectivity index (χ3v) is 24.2. The van der Waals surface area contributed by atoms with Gasteiger partial charge in [0, 0.05) is 152 Å². The highest BCUT2D eigenvalue weighted by Gasteiger charge is 2.44. The number of carbonyl (C=O) groups is 13. The van der Waals surface area contributed by atoms with Gasteiger partial charge in [-0.2, -0.15) is 0 Å². The molecule has 3 aliphatic rings. The van der Waals surface area contributed by atoms with Crippen LogP contribution in [0.5, 0.6) is 0 Å². The van der Waals surface area contributed by atoms with E-state index in [4.69, 9.17) is 34.2 Å². The van der Waals surface area contributed by atoms with Crippen molar-refractivity contribution in [3.05, 3.63) is 94.5 Å². The summed E-state index contributed by atoms with van der Waals surface area (Å²) in [6.45, 7) is 23.4. The summed E-state index contributed by atoms with van der Waals surface area (Å²) < 4.78 is 34.6. The van der Waals surface area contributed by atoms with Gasteiger partial charge in [0.25, 0.3) is 5.91 Å². The van der Waals surface area contributed by atoms with Gasteiger partial charge in [-0.05, 0) is 105 Å². The number of nitrogens with zero attached hydrogens (tertiary/aromatic N) is 6. The van der Waals surface area contributed by atoms with Gasteiger partial charge in [-0.25, -0.2) is 14.6 Å². The fraction of sp³-hybridized carbons (Fsp3) is 0.659. The maximum absolute atomic E-state index is 15.2. The van der Waals surface area contributed by atoms with E-state index in [1.165, 1.54) is 36.2 Å². The Hall–Kier alpha value is -8.72. The van der Waals surface area contributed by atoms with Crippen LogP contribution in [-0.2, 0) is 87.6 Å². The molecule has 0 radical (unpaired) electrons. The highest BCUT2D eigenvalue weighted by atomic mass is 32.1. The van der Waals surface area contributed by atoms with E-state index < -0.39 is 95.4 Å². The number of nitrogens with two attached hydrogens (primary N) is 1. The lowest BCUT2D eigenvalue weighted by Crippen LogP contribution is -2.54. The molecule has 660 valence electrons. The molecule has 30 nitrogen and oxygen atoms in total. The van der Waals surface area contributed by atoms with Gasteiger partial charge in [-0.3, -0.25) is 52.7 Å². The van der Waals surface area contributed by atoms with Gasteiger partial charge in [0.2, 0.25) is 35.6 Å². The molecule has 1 aliphatic carbocycles. The van der Waals surface area contributed by atoms with E-state index in [0.29, 0.717) is 58.6 Å². The zero-order valence-corrected chi connectivity index (χ0v) is 73.3. The number of likely N-dealkylation sites (N-methyl/N-ethyl adjacent to an activating group) is 3. The first kappa shape index (κ1) is 99.1. The first-order chi connectivity index (χ1) is 56.8. The number of ketones is 5. The number of nitrogens with one attached hydrogen (secondary N) is 4. The SMILES string of the molecule is CC[C@H](C)[C@@H]([C@@H](CC(=O)N1CCC[C@H]1[C@H](C)[C@@H](C)C(=O)C[C@@H](Cc1ccccc1)c1nccs1)OC)N(C)C(=O)[C@@H](CC(=O)[C@H](C(C)C)N(C)C(=O)OC(C(=O)N1CCN(C)CC1)c1ccc(NC(=O)[C@H](CCCNC(N)=O)CC(=O)[C@@H](NC(=O)CCOCCOCCOCCOCCNC(=O)CCC2C(=O)C=CC2=O)C(C)C)cc1)C(C)C. The standard InChI is InChI=1S/C88H133N11O19S/c1-15-59(8)81(75(113-14)55-78(107)99-37-20-24-69(99)60(9)61(10)72(102)53-65(84-91-36-50-119-84)51-62-21-17-16-18-22-62)96(12)85(109)68(56(2)3)54-74(104)80(58(6)7)97(13)88(112)118-82(86(110)98-40-38-95(11)39-41-98)63-25-27-66(28-26-63)93-83(108)64(23-19-34-92-87(89)111)52-73(103)79(57(4)5)94-77(106)33-42-114-44-46-116-48-49-117-47-45-115-43-35-90-76(105)32-29-67-70(100)30-31-71(67)101/h16-18,21-22,25-28,30-31,36,50,56-61,64-65,67-69,75,79-82H,15,19-20,23-24,29,32-35,37-49,51-55H2,1-14H3,(H,90,105)(H,93,108)(H,94,106)(H3,89,92,111)/t59-,60+,61+,64+,65+,68-,69-,75+,79-,80-,81-,82?/m0/s1. The molecular weight excluding hydrogens is 1550 g/mol. The Morgan fingerprint density at radius 2 is 1.30 bits per heavy atom. The van der Waals surface area contributed by atoms with Crippen LogP contribution in [0.3, 0.4) is 0 Å². The number of urea groups is 1. The van der Waals surface area contributed by atoms with E-state index in [1.807, 2.05) is 70.1 Å². The predicted octanol–water partition coefficient (Wildman–Crippen LogP) is 8.59. The average Bonchev–Trinajstić information content (AvgIpc) is 1.57. The van der Waals surface area contributed by atoms with E-state index in [9.17, 15) is 52.7 Å². The molecular formula is C88H133N11O19S. The van der Waals surface area contributed by atoms with Crippen molar-refractivity contribution in [2.45, 2.75) is 195 Å². The Kier molecular flexibility index (Phi) is 42.6. The summed E-state index contributed by atoms with van der Waals surface area (Å²) in [7, 11) is 6.61. The van der Waals surface area contributed by atoms with E-state index in [-0.39, 0.29) is 199 Å². The van der Waals surface area contributed by atoms with Crippen LogP contribution in [0, 0.1) is 53.3 Å². The predicted molar refractivity (Wildman–Crippen MR) is 451 cm³/mol. The first-order valence-corrected chi connectivity index (χ1v) is 43.2. The van der Waals surface area contributed by atoms with Gasteiger partial charge in [0.05, 0.1) is 94.4 Å². The summed E-state index contributed by atoms with van der Waals surface area (Å²) in [5, 5.41) is 13.8. The van der Waals surface area contributed by atoms with Crippen molar-refractivity contribution in [1.29, 1.82) is 0 Å². The highest BCUT2D eigenvalue weighted by Crippen LogP contribution is 2.36. The van der Waals surface area contributed by atoms with Crippen LogP contribution in [0.1, 0.15) is 174 Å². The maximum Gasteiger partial charge on any atom is 0.411 e. The zero-order valence-electron chi connectivity index (χ0n) is 72.5. The Morgan fingerprint density at radius 1 is 0.672 bits per heavy atom. The van der Waals surface area contributed by atoms with E-state index in [2.05, 4.69) is 50.2 Å². The van der Waals surface area contributed by atoms with Gasteiger partial charge in [0.15, 0.2) is 23.1 Å². The van der Waals surface area contributed by atoms with Crippen LogP contribution in [0.4, 0.5) is 15.3 Å². The molecule has 1 aromatic heterocycles. The van der Waals surface area contributed by atoms with Crippen LogP contribution in [-0.4, -0.2) is 263 Å². The molecule has 2 aromatic carbocycles. The van der Waals surface area contributed by atoms with Gasteiger partial charge in [-0.1, -0.05) is 118 Å². The van der Waals surface area contributed by atoms with Crippen molar-refractivity contribution in [2.24, 2.45) is 59.0 Å². The number of primary amides is 1. The van der Waals surface area contributed by atoms with Gasteiger partial charge in [-0.15, -0.1) is 11.3 Å². The van der Waals surface area contributed by atoms with Gasteiger partial charge < -0.3 is 79.9 Å². The molecule has 0 spiro atoms. The molecule has 0 saturated carbocycles. The van der Waals surface area contributed by atoms with Gasteiger partial charge in [0.1, 0.15) is 5.78 Å². The number of amides is 9. The molecule has 31 heteroatoms. The number of anilines is 1. The van der Waals surface area contributed by atoms with Crippen LogP contribution in [0.15, 0.2) is 78.3 Å². The number of likely N-dealkylation sites (tertiary alicyclic amines) is 1. The quantitative estimate of drug-likeness (QED) is 0.0261. The van der Waals surface area contributed by atoms with Crippen molar-refractivity contribution in [2.75, 3.05) is 132 Å². The smallest absolute Gasteiger partial charge is 0.411 e. The summed E-state index contributed by atoms with van der Waals surface area (Å²) >= 11 is 1.55. The van der Waals surface area contributed by atoms with Crippen LogP contribution in [0.2, 0.25) is 0 Å². The molecule has 3 heterocycles. The Labute approximate surface area is 706 Å². The second-order valence-corrected chi connectivity index (χ2v) is 33.8. The lowest BCUT2D eigenvalue weighted by molar-refractivity contribution is -0.148. The number of rotatable bonds is 54. The summed E-state index contributed by atoms with van der Waals surface area (Å²) in [5.41, 5.74) is 7.01. The molecule has 0 bridgehead atoms. The monoisotopic (exact) mass is 1680 g/mol. The molecule has 2 aliphatic heterocycles. The molecule has 3 aromatic rings. The molecule has 6 N–H and O–H groups in total. The molecule has 2 fully saturated rings. The fourth-order valence-electron chi connectivity index (χ4n) is 15.8. The summed E-state index contributed by atoms with van der Waals surface area (Å²) in [5.74, 6) is -7.96. The van der Waals surface area contributed by atoms with Crippen molar-refractivity contribution < 1.29 is 90.8 Å². The fourth-order valence-corrected chi connectivity index (χ4v) is 16.5. The maximum atomic E-state index is 15.2. The summed E-state index contributed by atoms with van der Waals surface area (Å²) in [6, 6.07) is 12.7. The molecule has 12 atom stereocenters. The second-order valence-electron chi connectivity index (χ2n) is 32.9. The second kappa shape index (κ2) is 51.1. The number of hydrogen-bond donors (Lipinski definition) is 5. The average molecular weight is 1680 g/mol. The van der Waals surface area contributed by atoms with Crippen molar-refractivity contribution in [3.8, 4) is 0 Å². The number of Topliss-reactive ketones (excluding diaryl/α,β-unsaturated/α-hetero) is 3. The lowest BCUT2D eigenvalue weighted by atomic mass is 9.81. The van der Waals surface area contributed by atoms with Crippen molar-refractivity contribution in [1.82, 2.24) is 45.4 Å². The summed E-state index contributed by atoms with van der Waals surface area (Å²) in [4.78, 5) is 191. The molecule has 9 amide bonds. The van der Waals surface area contributed by atoms with Crippen LogP contribution in [0.25, 0.3) is 0 Å². The number of piperazine rings is 1. The molecule has 6 rings (SSSR count). The Bertz CT molecular complexity index is 3760. The highest BCUT2D eigenvalue weighted by molar-refractivity contribution is 7.09. The van der Waals surface area contributed by atoms with Crippen LogP contribution < -0.4 is 27.0 Å². The van der Waals surface area contributed by atoms with E-state index >= 15 is 9.59 Å². The largest absolute Gasteiger partial charge is 0.431 e. The Morgan fingerprint density at radius 3 is 1.88 bits per heavy atom. The molecule has 119 heavy (non-hydrogen) atoms. The number of benzene rings is 2. The lowest BCUT2D eigenvalue weighted by Gasteiger charge is -2.41. The van der Waals surface area contributed by atoms with Crippen molar-refractivity contribution >= 4 is 93.5 Å². The number of methoxy groups -OCH3 is 1. The van der Waals surface area contributed by atoms with Gasteiger partial charge >= 0.3 is 12.1 Å². The minimum atomic E-state index is -1.51. The minimum Gasteiger partial charge on any atom is -0.431 e. The normalized spacial score (nSPS) is 17.4. The molecule has 1 unspecified atom stereocenters. The van der Waals surface area contributed by atoms with Crippen LogP contribution >= 0.6 is 11.3 Å². The number of carbonyl (C=O) groups excluding carboxylic acids is 13. The number of aromatic nitrogens is 1. The number of ether oxygens (including phenoxy) is 6. The summed E-state index contributed by atoms with van der Waals surface area (Å²) in [6.07, 6.45) is 4.23. The third-order valence-electron chi connectivity index (χ3n) is 23.2. The molecule has 2 saturated heterocycles. The number of allylic oxidation sites excluding steroid dienone is 2.